The van der Waals surface area contributed by atoms with Crippen molar-refractivity contribution in [3.63, 3.8) is 0 Å². The Hall–Kier alpha value is -0.530. The van der Waals surface area contributed by atoms with Crippen LogP contribution in [-0.4, -0.2) is 12.6 Å². The van der Waals surface area contributed by atoms with Crippen molar-refractivity contribution in [1.29, 1.82) is 0 Å². The van der Waals surface area contributed by atoms with E-state index in [-0.39, 0.29) is 16.8 Å². The molecular formula is C12H22O2. The second-order valence-corrected chi connectivity index (χ2v) is 5.80. The summed E-state index contributed by atoms with van der Waals surface area (Å²) in [5, 5.41) is 0. The predicted molar refractivity (Wildman–Crippen MR) is 56.9 cm³/mol. The fourth-order valence-electron chi connectivity index (χ4n) is 2.18. The predicted octanol–water partition coefficient (Wildman–Crippen LogP) is 3.01. The van der Waals surface area contributed by atoms with Gasteiger partial charge in [-0.2, -0.15) is 0 Å². The maximum atomic E-state index is 11.8. The van der Waals surface area contributed by atoms with Crippen molar-refractivity contribution in [3.05, 3.63) is 0 Å². The number of ether oxygens (including phenoxy) is 1. The first-order valence-corrected chi connectivity index (χ1v) is 5.45. The van der Waals surface area contributed by atoms with Gasteiger partial charge in [0.25, 0.3) is 0 Å². The molecule has 0 aromatic heterocycles. The summed E-state index contributed by atoms with van der Waals surface area (Å²) < 4.78 is 5.28. The zero-order valence-corrected chi connectivity index (χ0v) is 10.0. The second kappa shape index (κ2) is 3.56. The van der Waals surface area contributed by atoms with E-state index in [2.05, 4.69) is 27.7 Å². The Balaban J connectivity index is 2.95. The lowest BCUT2D eigenvalue weighted by molar-refractivity contribution is -0.156. The van der Waals surface area contributed by atoms with Gasteiger partial charge in [-0.25, -0.2) is 0 Å². The van der Waals surface area contributed by atoms with Crippen LogP contribution in [0.25, 0.3) is 0 Å². The third-order valence-corrected chi connectivity index (χ3v) is 3.60. The number of hydrogen-bond donors (Lipinski definition) is 0. The Morgan fingerprint density at radius 2 is 1.86 bits per heavy atom. The molecule has 1 aliphatic rings. The molecule has 0 radical (unpaired) electrons. The number of cyclic esters (lactones) is 1. The standard InChI is InChI=1S/C12H22O2/c1-9(2)12(5)8-11(3,4)6-7-14-10(12)13/h9H,6-8H2,1-5H3. The average molecular weight is 198 g/mol. The Morgan fingerprint density at radius 1 is 1.29 bits per heavy atom. The highest BCUT2D eigenvalue weighted by atomic mass is 16.5. The van der Waals surface area contributed by atoms with Gasteiger partial charge in [0.1, 0.15) is 0 Å². The molecule has 0 N–H and O–H groups in total. The molecule has 2 nitrogen and oxygen atoms in total. The molecule has 2 heteroatoms. The smallest absolute Gasteiger partial charge is 0.312 e. The van der Waals surface area contributed by atoms with Crippen molar-refractivity contribution < 1.29 is 9.53 Å². The molecule has 82 valence electrons. The van der Waals surface area contributed by atoms with Gasteiger partial charge in [0, 0.05) is 0 Å². The molecule has 1 saturated heterocycles. The number of hydrogen-bond acceptors (Lipinski definition) is 2. The summed E-state index contributed by atoms with van der Waals surface area (Å²) in [5.74, 6) is 0.324. The molecule has 0 aromatic rings. The molecule has 0 aliphatic carbocycles. The maximum Gasteiger partial charge on any atom is 0.312 e. The Labute approximate surface area is 87.0 Å². The molecule has 1 heterocycles. The van der Waals surface area contributed by atoms with Gasteiger partial charge in [0.05, 0.1) is 12.0 Å². The van der Waals surface area contributed by atoms with Gasteiger partial charge in [-0.15, -0.1) is 0 Å². The first-order valence-electron chi connectivity index (χ1n) is 5.45. The van der Waals surface area contributed by atoms with Crippen molar-refractivity contribution in [1.82, 2.24) is 0 Å². The van der Waals surface area contributed by atoms with Gasteiger partial charge in [0.15, 0.2) is 0 Å². The quantitative estimate of drug-likeness (QED) is 0.605. The highest BCUT2D eigenvalue weighted by molar-refractivity contribution is 5.77. The molecule has 14 heavy (non-hydrogen) atoms. The Morgan fingerprint density at radius 3 is 2.36 bits per heavy atom. The number of carbonyl (C=O) groups excluding carboxylic acids is 1. The van der Waals surface area contributed by atoms with Crippen molar-refractivity contribution in [2.45, 2.75) is 47.5 Å². The minimum Gasteiger partial charge on any atom is -0.465 e. The molecule has 1 rings (SSSR count). The minimum atomic E-state index is -0.306. The van der Waals surface area contributed by atoms with E-state index in [0.717, 1.165) is 12.8 Å². The zero-order valence-electron chi connectivity index (χ0n) is 10.0. The number of esters is 1. The Bertz CT molecular complexity index is 230. The van der Waals surface area contributed by atoms with E-state index in [9.17, 15) is 4.79 Å². The summed E-state index contributed by atoms with van der Waals surface area (Å²) in [6, 6.07) is 0. The summed E-state index contributed by atoms with van der Waals surface area (Å²) in [6.07, 6.45) is 1.90. The average Bonchev–Trinajstić information content (AvgIpc) is 2.10. The molecule has 0 amide bonds. The molecular weight excluding hydrogens is 176 g/mol. The van der Waals surface area contributed by atoms with Crippen molar-refractivity contribution in [2.24, 2.45) is 16.7 Å². The van der Waals surface area contributed by atoms with E-state index in [0.29, 0.717) is 12.5 Å². The highest BCUT2D eigenvalue weighted by Crippen LogP contribution is 2.44. The molecule has 1 fully saturated rings. The van der Waals surface area contributed by atoms with Gasteiger partial charge >= 0.3 is 5.97 Å². The van der Waals surface area contributed by atoms with Crippen LogP contribution in [0.15, 0.2) is 0 Å². The number of carbonyl (C=O) groups is 1. The fourth-order valence-corrected chi connectivity index (χ4v) is 2.18. The van der Waals surface area contributed by atoms with Gasteiger partial charge in [-0.1, -0.05) is 27.7 Å². The summed E-state index contributed by atoms with van der Waals surface area (Å²) in [6.45, 7) is 11.2. The number of rotatable bonds is 1. The Kier molecular flexibility index (Phi) is 2.93. The molecule has 1 aliphatic heterocycles. The SMILES string of the molecule is CC(C)C1(C)CC(C)(C)CCOC1=O. The summed E-state index contributed by atoms with van der Waals surface area (Å²) in [4.78, 5) is 11.8. The normalized spacial score (nSPS) is 32.6. The summed E-state index contributed by atoms with van der Waals surface area (Å²) >= 11 is 0. The first-order chi connectivity index (χ1) is 6.28. The topological polar surface area (TPSA) is 26.3 Å². The van der Waals surface area contributed by atoms with E-state index in [1.807, 2.05) is 6.92 Å². The van der Waals surface area contributed by atoms with Gasteiger partial charge in [-0.05, 0) is 31.1 Å². The van der Waals surface area contributed by atoms with Gasteiger partial charge in [-0.3, -0.25) is 4.79 Å². The summed E-state index contributed by atoms with van der Waals surface area (Å²) in [5.41, 5.74) is -0.0921. The van der Waals surface area contributed by atoms with Gasteiger partial charge < -0.3 is 4.74 Å². The van der Waals surface area contributed by atoms with Crippen LogP contribution in [0, 0.1) is 16.7 Å². The van der Waals surface area contributed by atoms with Crippen LogP contribution in [0.2, 0.25) is 0 Å². The van der Waals surface area contributed by atoms with Crippen molar-refractivity contribution >= 4 is 5.97 Å². The van der Waals surface area contributed by atoms with Crippen LogP contribution in [0.1, 0.15) is 47.5 Å². The first kappa shape index (κ1) is 11.5. The highest BCUT2D eigenvalue weighted by Gasteiger charge is 2.44. The van der Waals surface area contributed by atoms with E-state index < -0.39 is 0 Å². The third kappa shape index (κ3) is 2.10. The largest absolute Gasteiger partial charge is 0.465 e. The fraction of sp³-hybridized carbons (Fsp3) is 0.917. The molecule has 0 bridgehead atoms. The maximum absolute atomic E-state index is 11.8. The van der Waals surface area contributed by atoms with E-state index in [4.69, 9.17) is 4.74 Å². The van der Waals surface area contributed by atoms with Crippen molar-refractivity contribution in [3.8, 4) is 0 Å². The molecule has 0 aromatic carbocycles. The van der Waals surface area contributed by atoms with Crippen LogP contribution >= 0.6 is 0 Å². The molecule has 1 unspecified atom stereocenters. The van der Waals surface area contributed by atoms with Crippen LogP contribution in [0.4, 0.5) is 0 Å². The molecule has 0 saturated carbocycles. The zero-order chi connectivity index (χ0) is 11.0. The van der Waals surface area contributed by atoms with Gasteiger partial charge in [0.2, 0.25) is 0 Å². The van der Waals surface area contributed by atoms with E-state index >= 15 is 0 Å². The molecule has 0 spiro atoms. The monoisotopic (exact) mass is 198 g/mol. The third-order valence-electron chi connectivity index (χ3n) is 3.60. The van der Waals surface area contributed by atoms with Crippen LogP contribution in [-0.2, 0) is 9.53 Å². The lowest BCUT2D eigenvalue weighted by Crippen LogP contribution is -2.36. The van der Waals surface area contributed by atoms with E-state index in [1.165, 1.54) is 0 Å². The van der Waals surface area contributed by atoms with Crippen LogP contribution < -0.4 is 0 Å². The van der Waals surface area contributed by atoms with Crippen LogP contribution in [0.3, 0.4) is 0 Å². The van der Waals surface area contributed by atoms with Crippen LogP contribution in [0.5, 0.6) is 0 Å². The molecule has 1 atom stereocenters. The second-order valence-electron chi connectivity index (χ2n) is 5.80. The lowest BCUT2D eigenvalue weighted by Gasteiger charge is -2.35. The minimum absolute atomic E-state index is 0.0157. The van der Waals surface area contributed by atoms with Crippen molar-refractivity contribution in [2.75, 3.05) is 6.61 Å². The lowest BCUT2D eigenvalue weighted by atomic mass is 9.68. The van der Waals surface area contributed by atoms with E-state index in [1.54, 1.807) is 0 Å². The summed E-state index contributed by atoms with van der Waals surface area (Å²) in [7, 11) is 0.